The van der Waals surface area contributed by atoms with Gasteiger partial charge in [0, 0.05) is 29.1 Å². The van der Waals surface area contributed by atoms with Crippen LogP contribution in [0.3, 0.4) is 0 Å². The fraction of sp³-hybridized carbons (Fsp3) is 0.400. The molecule has 5 nitrogen and oxygen atoms in total. The molecule has 0 radical (unpaired) electrons. The summed E-state index contributed by atoms with van der Waals surface area (Å²) in [5, 5.41) is 13.2. The Morgan fingerprint density at radius 1 is 1.52 bits per heavy atom. The average Bonchev–Trinajstić information content (AvgIpc) is 2.76. The molecule has 0 aliphatic rings. The molecule has 0 fully saturated rings. The first-order chi connectivity index (χ1) is 10.0. The van der Waals surface area contributed by atoms with Crippen LogP contribution >= 0.6 is 15.9 Å². The van der Waals surface area contributed by atoms with Crippen molar-refractivity contribution in [3.8, 4) is 0 Å². The molecule has 2 aromatic rings. The lowest BCUT2D eigenvalue weighted by Crippen LogP contribution is -2.28. The maximum atomic E-state index is 12.1. The highest BCUT2D eigenvalue weighted by Crippen LogP contribution is 2.27. The van der Waals surface area contributed by atoms with Crippen LogP contribution in [-0.2, 0) is 4.74 Å². The van der Waals surface area contributed by atoms with Crippen molar-refractivity contribution in [2.75, 3.05) is 20.3 Å². The number of benzene rings is 1. The highest BCUT2D eigenvalue weighted by molar-refractivity contribution is 9.10. The van der Waals surface area contributed by atoms with E-state index in [0.717, 1.165) is 15.4 Å². The van der Waals surface area contributed by atoms with E-state index in [1.54, 1.807) is 0 Å². The predicted molar refractivity (Wildman–Crippen MR) is 83.5 cm³/mol. The van der Waals surface area contributed by atoms with Crippen molar-refractivity contribution in [2.45, 2.75) is 19.4 Å². The lowest BCUT2D eigenvalue weighted by molar-refractivity contribution is 0.0586. The summed E-state index contributed by atoms with van der Waals surface area (Å²) in [5.74, 6) is 0.0359. The predicted octanol–water partition coefficient (Wildman–Crippen LogP) is 2.63. The molecule has 1 aromatic heterocycles. The van der Waals surface area contributed by atoms with E-state index in [1.165, 1.54) is 7.11 Å². The molecule has 0 aliphatic carbocycles. The average molecular weight is 356 g/mol. The van der Waals surface area contributed by atoms with E-state index < -0.39 is 6.10 Å². The summed E-state index contributed by atoms with van der Waals surface area (Å²) in [7, 11) is 1.53. The van der Waals surface area contributed by atoms with Gasteiger partial charge in [0.1, 0.15) is 5.58 Å². The largest absolute Gasteiger partial charge is 0.451 e. The SMILES string of the molecule is COCC(O)CCNC(=O)c1oc2ccc(Br)cc2c1C. The van der Waals surface area contributed by atoms with E-state index in [4.69, 9.17) is 9.15 Å². The quantitative estimate of drug-likeness (QED) is 0.835. The monoisotopic (exact) mass is 355 g/mol. The fourth-order valence-corrected chi connectivity index (χ4v) is 2.48. The number of carbonyl (C=O) groups excluding carboxylic acids is 1. The number of nitrogens with one attached hydrogen (secondary N) is 1. The number of rotatable bonds is 6. The number of aryl methyl sites for hydroxylation is 1. The van der Waals surface area contributed by atoms with Crippen molar-refractivity contribution in [3.63, 3.8) is 0 Å². The van der Waals surface area contributed by atoms with E-state index in [-0.39, 0.29) is 12.5 Å². The standard InChI is InChI=1S/C15H18BrNO4/c1-9-12-7-10(16)3-4-13(12)21-14(9)15(19)17-6-5-11(18)8-20-2/h3-4,7,11,18H,5-6,8H2,1-2H3,(H,17,19). The van der Waals surface area contributed by atoms with Gasteiger partial charge in [-0.25, -0.2) is 0 Å². The van der Waals surface area contributed by atoms with E-state index in [2.05, 4.69) is 21.2 Å². The van der Waals surface area contributed by atoms with Crippen molar-refractivity contribution in [1.29, 1.82) is 0 Å². The number of aliphatic hydroxyl groups is 1. The summed E-state index contributed by atoms with van der Waals surface area (Å²) in [6.07, 6.45) is -0.146. The van der Waals surface area contributed by atoms with Crippen molar-refractivity contribution >= 4 is 32.8 Å². The van der Waals surface area contributed by atoms with Crippen LogP contribution in [0, 0.1) is 6.92 Å². The lowest BCUT2D eigenvalue weighted by atomic mass is 10.1. The number of ether oxygens (including phenoxy) is 1. The number of amides is 1. The van der Waals surface area contributed by atoms with Crippen molar-refractivity contribution in [2.24, 2.45) is 0 Å². The summed E-state index contributed by atoms with van der Waals surface area (Å²) in [4.78, 5) is 12.1. The van der Waals surface area contributed by atoms with Crippen LogP contribution in [-0.4, -0.2) is 37.4 Å². The van der Waals surface area contributed by atoms with Gasteiger partial charge in [-0.3, -0.25) is 4.79 Å². The number of methoxy groups -OCH3 is 1. The first-order valence-electron chi connectivity index (χ1n) is 6.66. The number of aliphatic hydroxyl groups excluding tert-OH is 1. The van der Waals surface area contributed by atoms with E-state index in [9.17, 15) is 9.90 Å². The van der Waals surface area contributed by atoms with Gasteiger partial charge in [0.25, 0.3) is 5.91 Å². The Hall–Kier alpha value is -1.37. The first-order valence-corrected chi connectivity index (χ1v) is 7.46. The van der Waals surface area contributed by atoms with Gasteiger partial charge in [-0.05, 0) is 31.5 Å². The number of fused-ring (bicyclic) bond motifs is 1. The van der Waals surface area contributed by atoms with E-state index >= 15 is 0 Å². The molecule has 114 valence electrons. The molecule has 0 saturated heterocycles. The maximum absolute atomic E-state index is 12.1. The molecule has 1 aromatic carbocycles. The van der Waals surface area contributed by atoms with Gasteiger partial charge in [-0.2, -0.15) is 0 Å². The van der Waals surface area contributed by atoms with E-state index in [1.807, 2.05) is 25.1 Å². The summed E-state index contributed by atoms with van der Waals surface area (Å²) in [6.45, 7) is 2.48. The lowest BCUT2D eigenvalue weighted by Gasteiger charge is -2.09. The Balaban J connectivity index is 2.04. The molecule has 1 atom stereocenters. The Bertz CT molecular complexity index is 638. The third-order valence-corrected chi connectivity index (χ3v) is 3.72. The Kier molecular flexibility index (Phi) is 5.39. The topological polar surface area (TPSA) is 71.7 Å². The normalized spacial score (nSPS) is 12.6. The van der Waals surface area contributed by atoms with Crippen LogP contribution < -0.4 is 5.32 Å². The first kappa shape index (κ1) is 16.0. The van der Waals surface area contributed by atoms with Gasteiger partial charge in [-0.1, -0.05) is 15.9 Å². The number of furan rings is 1. The number of hydrogen-bond acceptors (Lipinski definition) is 4. The Labute approximate surface area is 131 Å². The van der Waals surface area contributed by atoms with Gasteiger partial charge < -0.3 is 19.6 Å². The zero-order valence-electron chi connectivity index (χ0n) is 12.0. The molecule has 2 N–H and O–H groups in total. The summed E-state index contributed by atoms with van der Waals surface area (Å²) >= 11 is 3.40. The van der Waals surface area contributed by atoms with Crippen molar-refractivity contribution < 1.29 is 19.1 Å². The molecule has 6 heteroatoms. The molecule has 1 unspecified atom stereocenters. The molecule has 0 saturated carbocycles. The van der Waals surface area contributed by atoms with Gasteiger partial charge >= 0.3 is 0 Å². The number of hydrogen-bond donors (Lipinski definition) is 2. The Morgan fingerprint density at radius 3 is 3.00 bits per heavy atom. The second-order valence-electron chi connectivity index (χ2n) is 4.85. The smallest absolute Gasteiger partial charge is 0.287 e. The van der Waals surface area contributed by atoms with Crippen LogP contribution in [0.25, 0.3) is 11.0 Å². The third kappa shape index (κ3) is 3.84. The van der Waals surface area contributed by atoms with Gasteiger partial charge in [-0.15, -0.1) is 0 Å². The zero-order chi connectivity index (χ0) is 15.4. The fourth-order valence-electron chi connectivity index (χ4n) is 2.12. The highest BCUT2D eigenvalue weighted by Gasteiger charge is 2.17. The van der Waals surface area contributed by atoms with Crippen LogP contribution in [0.1, 0.15) is 22.5 Å². The third-order valence-electron chi connectivity index (χ3n) is 3.23. The van der Waals surface area contributed by atoms with Crippen LogP contribution in [0.5, 0.6) is 0 Å². The summed E-state index contributed by atoms with van der Waals surface area (Å²) in [5.41, 5.74) is 1.49. The Morgan fingerprint density at radius 2 is 2.29 bits per heavy atom. The van der Waals surface area contributed by atoms with Gasteiger partial charge in [0.15, 0.2) is 5.76 Å². The highest BCUT2D eigenvalue weighted by atomic mass is 79.9. The van der Waals surface area contributed by atoms with E-state index in [0.29, 0.717) is 24.3 Å². The molecular formula is C15H18BrNO4. The van der Waals surface area contributed by atoms with Gasteiger partial charge in [0.05, 0.1) is 12.7 Å². The van der Waals surface area contributed by atoms with Crippen molar-refractivity contribution in [1.82, 2.24) is 5.32 Å². The summed E-state index contributed by atoms with van der Waals surface area (Å²) < 4.78 is 11.4. The van der Waals surface area contributed by atoms with Crippen LogP contribution in [0.4, 0.5) is 0 Å². The minimum atomic E-state index is -0.581. The number of halogens is 1. The number of carbonyl (C=O) groups is 1. The minimum Gasteiger partial charge on any atom is -0.451 e. The molecule has 2 rings (SSSR count). The zero-order valence-corrected chi connectivity index (χ0v) is 13.6. The second-order valence-corrected chi connectivity index (χ2v) is 5.77. The van der Waals surface area contributed by atoms with Crippen molar-refractivity contribution in [3.05, 3.63) is 34.0 Å². The van der Waals surface area contributed by atoms with Gasteiger partial charge in [0.2, 0.25) is 0 Å². The molecule has 0 bridgehead atoms. The molecule has 1 heterocycles. The second kappa shape index (κ2) is 7.06. The van der Waals surface area contributed by atoms with Crippen LogP contribution in [0.15, 0.2) is 27.1 Å². The molecular weight excluding hydrogens is 338 g/mol. The molecule has 0 aliphatic heterocycles. The molecule has 21 heavy (non-hydrogen) atoms. The van der Waals surface area contributed by atoms with Crippen LogP contribution in [0.2, 0.25) is 0 Å². The molecule has 0 spiro atoms. The molecule has 1 amide bonds. The minimum absolute atomic E-state index is 0.258. The maximum Gasteiger partial charge on any atom is 0.287 e. The summed E-state index contributed by atoms with van der Waals surface area (Å²) in [6, 6.07) is 5.62.